The van der Waals surface area contributed by atoms with E-state index in [2.05, 4.69) is 0 Å². The largest absolute Gasteiger partial charge is 0.207 e. The van der Waals surface area contributed by atoms with Crippen molar-refractivity contribution in [2.75, 3.05) is 0 Å². The summed E-state index contributed by atoms with van der Waals surface area (Å²) in [4.78, 5) is 0. The Hall–Kier alpha value is -1.18. The third kappa shape index (κ3) is 1.84. The fraction of sp³-hybridized carbons (Fsp3) is 0.333. The van der Waals surface area contributed by atoms with Crippen molar-refractivity contribution in [3.05, 3.63) is 40.5 Å². The number of aryl methyl sites for hydroxylation is 1. The molecule has 0 amide bonds. The molecule has 0 spiro atoms. The molecule has 0 saturated carbocycles. The molecule has 1 aromatic rings. The van der Waals surface area contributed by atoms with E-state index in [1.807, 2.05) is 13.8 Å². The van der Waals surface area contributed by atoms with Crippen LogP contribution in [0, 0.1) is 18.6 Å². The Morgan fingerprint density at radius 3 is 2.50 bits per heavy atom. The average Bonchev–Trinajstić information content (AvgIpc) is 2.19. The van der Waals surface area contributed by atoms with Crippen LogP contribution < -0.4 is 0 Å². The monoisotopic (exact) mass is 196 g/mol. The van der Waals surface area contributed by atoms with E-state index in [9.17, 15) is 8.78 Å². The number of benzene rings is 1. The van der Waals surface area contributed by atoms with Crippen molar-refractivity contribution in [3.8, 4) is 0 Å². The summed E-state index contributed by atoms with van der Waals surface area (Å²) in [6.07, 6.45) is 4.07. The van der Waals surface area contributed by atoms with Crippen molar-refractivity contribution in [1.29, 1.82) is 0 Å². The van der Waals surface area contributed by atoms with Gasteiger partial charge in [-0.1, -0.05) is 19.1 Å². The standard InChI is InChI=1S/C12H14F2/c1-4-6-10-9(5-2)7-11(13)8(3)12(10)14/h4,6-7H,5H2,1-3H3/b6-4-. The summed E-state index contributed by atoms with van der Waals surface area (Å²) in [5.74, 6) is -0.910. The van der Waals surface area contributed by atoms with Gasteiger partial charge in [-0.15, -0.1) is 0 Å². The Morgan fingerprint density at radius 1 is 1.36 bits per heavy atom. The van der Waals surface area contributed by atoms with E-state index in [1.165, 1.54) is 13.0 Å². The molecule has 1 aromatic carbocycles. The van der Waals surface area contributed by atoms with Gasteiger partial charge in [0.1, 0.15) is 11.6 Å². The van der Waals surface area contributed by atoms with Crippen LogP contribution in [0.2, 0.25) is 0 Å². The Morgan fingerprint density at radius 2 is 2.00 bits per heavy atom. The Labute approximate surface area is 83.3 Å². The van der Waals surface area contributed by atoms with Crippen LogP contribution in [0.1, 0.15) is 30.5 Å². The zero-order chi connectivity index (χ0) is 10.7. The first-order chi connectivity index (χ1) is 6.61. The zero-order valence-electron chi connectivity index (χ0n) is 8.70. The average molecular weight is 196 g/mol. The molecule has 0 radical (unpaired) electrons. The molecule has 0 unspecified atom stereocenters. The highest BCUT2D eigenvalue weighted by Crippen LogP contribution is 2.22. The summed E-state index contributed by atoms with van der Waals surface area (Å²) in [6.45, 7) is 5.16. The highest BCUT2D eigenvalue weighted by Gasteiger charge is 2.12. The van der Waals surface area contributed by atoms with E-state index in [4.69, 9.17) is 0 Å². The van der Waals surface area contributed by atoms with E-state index >= 15 is 0 Å². The summed E-state index contributed by atoms with van der Waals surface area (Å²) in [5, 5.41) is 0. The van der Waals surface area contributed by atoms with E-state index < -0.39 is 11.6 Å². The van der Waals surface area contributed by atoms with Gasteiger partial charge in [0, 0.05) is 11.1 Å². The van der Waals surface area contributed by atoms with Crippen molar-refractivity contribution in [2.45, 2.75) is 27.2 Å². The first-order valence-electron chi connectivity index (χ1n) is 4.72. The van der Waals surface area contributed by atoms with Crippen LogP contribution >= 0.6 is 0 Å². The second kappa shape index (κ2) is 4.36. The lowest BCUT2D eigenvalue weighted by molar-refractivity contribution is 0.563. The molecule has 1 rings (SSSR count). The first kappa shape index (κ1) is 10.9. The van der Waals surface area contributed by atoms with Gasteiger partial charge in [-0.3, -0.25) is 0 Å². The van der Waals surface area contributed by atoms with Crippen LogP contribution in [-0.2, 0) is 6.42 Å². The Bertz CT molecular complexity index is 365. The van der Waals surface area contributed by atoms with Crippen LogP contribution in [0.4, 0.5) is 8.78 Å². The van der Waals surface area contributed by atoms with Gasteiger partial charge in [0.2, 0.25) is 0 Å². The summed E-state index contributed by atoms with van der Waals surface area (Å²) >= 11 is 0. The Balaban J connectivity index is 3.44. The van der Waals surface area contributed by atoms with Gasteiger partial charge in [0.25, 0.3) is 0 Å². The molecule has 0 nitrogen and oxygen atoms in total. The number of rotatable bonds is 2. The van der Waals surface area contributed by atoms with E-state index in [0.29, 0.717) is 17.5 Å². The van der Waals surface area contributed by atoms with Crippen molar-refractivity contribution in [1.82, 2.24) is 0 Å². The number of allylic oxidation sites excluding steroid dienone is 1. The number of hydrogen-bond donors (Lipinski definition) is 0. The molecule has 76 valence electrons. The molecule has 0 aliphatic heterocycles. The lowest BCUT2D eigenvalue weighted by Crippen LogP contribution is -1.98. The van der Waals surface area contributed by atoms with Crippen molar-refractivity contribution in [3.63, 3.8) is 0 Å². The third-order valence-corrected chi connectivity index (χ3v) is 2.29. The second-order valence-electron chi connectivity index (χ2n) is 3.22. The predicted octanol–water partition coefficient (Wildman–Crippen LogP) is 3.87. The molecule has 0 heterocycles. The van der Waals surface area contributed by atoms with Gasteiger partial charge in [-0.2, -0.15) is 0 Å². The minimum atomic E-state index is -0.465. The molecule has 0 saturated heterocycles. The fourth-order valence-corrected chi connectivity index (χ4v) is 1.43. The summed E-state index contributed by atoms with van der Waals surface area (Å²) in [7, 11) is 0. The van der Waals surface area contributed by atoms with Gasteiger partial charge in [-0.05, 0) is 31.9 Å². The third-order valence-electron chi connectivity index (χ3n) is 2.29. The maximum Gasteiger partial charge on any atom is 0.136 e. The molecule has 0 aromatic heterocycles. The van der Waals surface area contributed by atoms with Crippen LogP contribution in [-0.4, -0.2) is 0 Å². The number of halogens is 2. The zero-order valence-corrected chi connectivity index (χ0v) is 8.70. The molecular weight excluding hydrogens is 182 g/mol. The van der Waals surface area contributed by atoms with Gasteiger partial charge >= 0.3 is 0 Å². The molecule has 0 aliphatic carbocycles. The second-order valence-corrected chi connectivity index (χ2v) is 3.22. The van der Waals surface area contributed by atoms with E-state index in [0.717, 1.165) is 0 Å². The molecule has 0 bridgehead atoms. The summed E-state index contributed by atoms with van der Waals surface area (Å²) < 4.78 is 26.8. The molecule has 14 heavy (non-hydrogen) atoms. The Kier molecular flexibility index (Phi) is 3.39. The first-order valence-corrected chi connectivity index (χ1v) is 4.72. The van der Waals surface area contributed by atoms with E-state index in [-0.39, 0.29) is 5.56 Å². The molecule has 2 heteroatoms. The van der Waals surface area contributed by atoms with Crippen LogP contribution in [0.3, 0.4) is 0 Å². The van der Waals surface area contributed by atoms with Crippen molar-refractivity contribution in [2.24, 2.45) is 0 Å². The summed E-state index contributed by atoms with van der Waals surface area (Å²) in [6, 6.07) is 1.41. The molecule has 0 aliphatic rings. The topological polar surface area (TPSA) is 0 Å². The summed E-state index contributed by atoms with van der Waals surface area (Å²) in [5.41, 5.74) is 1.31. The van der Waals surface area contributed by atoms with Crippen LogP contribution in [0.25, 0.3) is 6.08 Å². The highest BCUT2D eigenvalue weighted by atomic mass is 19.1. The van der Waals surface area contributed by atoms with Gasteiger partial charge in [-0.25, -0.2) is 8.78 Å². The normalized spacial score (nSPS) is 11.2. The lowest BCUT2D eigenvalue weighted by atomic mass is 10.0. The highest BCUT2D eigenvalue weighted by molar-refractivity contribution is 5.56. The molecule has 0 atom stereocenters. The van der Waals surface area contributed by atoms with Gasteiger partial charge in [0.15, 0.2) is 0 Å². The SMILES string of the molecule is C/C=C\c1c(CC)cc(F)c(C)c1F. The molecular formula is C12H14F2. The van der Waals surface area contributed by atoms with E-state index in [1.54, 1.807) is 12.2 Å². The molecule has 0 N–H and O–H groups in total. The number of hydrogen-bond acceptors (Lipinski definition) is 0. The minimum absolute atomic E-state index is 0.0929. The maximum atomic E-state index is 13.6. The fourth-order valence-electron chi connectivity index (χ4n) is 1.43. The predicted molar refractivity (Wildman–Crippen MR) is 55.2 cm³/mol. The van der Waals surface area contributed by atoms with Gasteiger partial charge < -0.3 is 0 Å². The smallest absolute Gasteiger partial charge is 0.136 e. The lowest BCUT2D eigenvalue weighted by Gasteiger charge is -2.08. The van der Waals surface area contributed by atoms with Crippen molar-refractivity contribution < 1.29 is 8.78 Å². The minimum Gasteiger partial charge on any atom is -0.207 e. The van der Waals surface area contributed by atoms with Crippen molar-refractivity contribution >= 4 is 6.08 Å². The van der Waals surface area contributed by atoms with Crippen LogP contribution in [0.15, 0.2) is 12.1 Å². The van der Waals surface area contributed by atoms with Crippen LogP contribution in [0.5, 0.6) is 0 Å². The van der Waals surface area contributed by atoms with Gasteiger partial charge in [0.05, 0.1) is 0 Å². The molecule has 0 fully saturated rings. The maximum absolute atomic E-state index is 13.6. The quantitative estimate of drug-likeness (QED) is 0.673.